The van der Waals surface area contributed by atoms with E-state index in [4.69, 9.17) is 17.0 Å². The number of ether oxygens (including phenoxy) is 1. The molecule has 1 aliphatic carbocycles. The molecule has 0 spiro atoms. The van der Waals surface area contributed by atoms with Gasteiger partial charge in [0.1, 0.15) is 0 Å². The first kappa shape index (κ1) is 17.6. The van der Waals surface area contributed by atoms with Gasteiger partial charge in [0, 0.05) is 38.1 Å². The number of rotatable bonds is 5. The highest BCUT2D eigenvalue weighted by Gasteiger charge is 2.23. The third-order valence-corrected chi connectivity index (χ3v) is 5.21. The molecular formula is C18H28N4OS. The summed E-state index contributed by atoms with van der Waals surface area (Å²) in [6, 6.07) is 4.96. The van der Waals surface area contributed by atoms with E-state index in [0.29, 0.717) is 6.04 Å². The van der Waals surface area contributed by atoms with Crippen molar-refractivity contribution < 1.29 is 4.74 Å². The maximum Gasteiger partial charge on any atom is 0.166 e. The minimum absolute atomic E-state index is 0.272. The zero-order valence-corrected chi connectivity index (χ0v) is 15.1. The molecule has 6 heteroatoms. The van der Waals surface area contributed by atoms with Crippen LogP contribution in [-0.2, 0) is 4.74 Å². The summed E-state index contributed by atoms with van der Waals surface area (Å²) < 4.78 is 5.50. The van der Waals surface area contributed by atoms with Crippen molar-refractivity contribution in [3.8, 4) is 0 Å². The molecule has 24 heavy (non-hydrogen) atoms. The van der Waals surface area contributed by atoms with E-state index in [-0.39, 0.29) is 6.04 Å². The second kappa shape index (κ2) is 9.30. The third kappa shape index (κ3) is 5.13. The summed E-state index contributed by atoms with van der Waals surface area (Å²) in [5, 5.41) is 7.71. The molecule has 1 aromatic rings. The summed E-state index contributed by atoms with van der Waals surface area (Å²) in [7, 11) is 0. The molecule has 1 saturated carbocycles. The molecule has 5 nitrogen and oxygen atoms in total. The Bertz CT molecular complexity index is 501. The highest BCUT2D eigenvalue weighted by atomic mass is 32.1. The minimum Gasteiger partial charge on any atom is -0.379 e. The monoisotopic (exact) mass is 348 g/mol. The van der Waals surface area contributed by atoms with Gasteiger partial charge in [-0.15, -0.1) is 0 Å². The largest absolute Gasteiger partial charge is 0.379 e. The lowest BCUT2D eigenvalue weighted by Crippen LogP contribution is -2.47. The van der Waals surface area contributed by atoms with Crippen LogP contribution in [-0.4, -0.2) is 53.9 Å². The molecule has 0 amide bonds. The molecule has 1 saturated heterocycles. The van der Waals surface area contributed by atoms with Gasteiger partial charge in [-0.05, 0) is 36.7 Å². The first-order valence-corrected chi connectivity index (χ1v) is 9.50. The van der Waals surface area contributed by atoms with Crippen LogP contribution in [0.1, 0.15) is 43.7 Å². The first-order valence-electron chi connectivity index (χ1n) is 9.09. The van der Waals surface area contributed by atoms with Gasteiger partial charge in [0.15, 0.2) is 5.11 Å². The second-order valence-electron chi connectivity index (χ2n) is 6.64. The molecular weight excluding hydrogens is 320 g/mol. The quantitative estimate of drug-likeness (QED) is 0.796. The van der Waals surface area contributed by atoms with Crippen molar-refractivity contribution in [2.24, 2.45) is 0 Å². The van der Waals surface area contributed by atoms with Crippen molar-refractivity contribution in [1.82, 2.24) is 20.5 Å². The van der Waals surface area contributed by atoms with E-state index in [0.717, 1.165) is 38.0 Å². The molecule has 0 radical (unpaired) electrons. The molecule has 2 N–H and O–H groups in total. The van der Waals surface area contributed by atoms with Gasteiger partial charge in [0.25, 0.3) is 0 Å². The number of nitrogens with zero attached hydrogens (tertiary/aromatic N) is 2. The Hall–Kier alpha value is -1.24. The maximum atomic E-state index is 5.52. The van der Waals surface area contributed by atoms with Gasteiger partial charge in [0.2, 0.25) is 0 Å². The number of pyridine rings is 1. The molecule has 0 unspecified atom stereocenters. The van der Waals surface area contributed by atoms with Gasteiger partial charge in [-0.25, -0.2) is 0 Å². The van der Waals surface area contributed by atoms with Crippen LogP contribution in [0.4, 0.5) is 0 Å². The van der Waals surface area contributed by atoms with Crippen molar-refractivity contribution in [2.45, 2.75) is 44.2 Å². The van der Waals surface area contributed by atoms with Crippen molar-refractivity contribution >= 4 is 17.3 Å². The van der Waals surface area contributed by atoms with Crippen molar-refractivity contribution in [1.29, 1.82) is 0 Å². The summed E-state index contributed by atoms with van der Waals surface area (Å²) in [5.74, 6) is 0. The Balaban J connectivity index is 1.56. The fourth-order valence-corrected chi connectivity index (χ4v) is 3.84. The topological polar surface area (TPSA) is 49.4 Å². The lowest BCUT2D eigenvalue weighted by Gasteiger charge is -2.35. The van der Waals surface area contributed by atoms with Gasteiger partial charge in [-0.2, -0.15) is 0 Å². The van der Waals surface area contributed by atoms with Crippen LogP contribution in [0.2, 0.25) is 0 Å². The Morgan fingerprint density at radius 3 is 2.79 bits per heavy atom. The summed E-state index contributed by atoms with van der Waals surface area (Å²) >= 11 is 5.52. The van der Waals surface area contributed by atoms with Crippen LogP contribution in [0, 0.1) is 0 Å². The molecule has 0 aromatic carbocycles. The van der Waals surface area contributed by atoms with E-state index in [2.05, 4.69) is 26.6 Å². The van der Waals surface area contributed by atoms with Gasteiger partial charge in [-0.3, -0.25) is 9.88 Å². The highest BCUT2D eigenvalue weighted by Crippen LogP contribution is 2.21. The van der Waals surface area contributed by atoms with Crippen LogP contribution in [0.5, 0.6) is 0 Å². The minimum atomic E-state index is 0.272. The van der Waals surface area contributed by atoms with Crippen LogP contribution < -0.4 is 10.6 Å². The Kier molecular flexibility index (Phi) is 6.81. The molecule has 132 valence electrons. The summed E-state index contributed by atoms with van der Waals surface area (Å²) in [6.45, 7) is 4.28. The first-order chi connectivity index (χ1) is 11.8. The number of aromatic nitrogens is 1. The lowest BCUT2D eigenvalue weighted by molar-refractivity contribution is 0.0169. The summed E-state index contributed by atoms with van der Waals surface area (Å²) in [6.07, 6.45) is 10.2. The van der Waals surface area contributed by atoms with Crippen LogP contribution in [0.3, 0.4) is 0 Å². The van der Waals surface area contributed by atoms with E-state index < -0.39 is 0 Å². The van der Waals surface area contributed by atoms with Crippen LogP contribution in [0.25, 0.3) is 0 Å². The Morgan fingerprint density at radius 1 is 1.29 bits per heavy atom. The van der Waals surface area contributed by atoms with Gasteiger partial charge < -0.3 is 15.4 Å². The molecule has 1 atom stereocenters. The van der Waals surface area contributed by atoms with E-state index >= 15 is 0 Å². The van der Waals surface area contributed by atoms with E-state index in [1.54, 1.807) is 0 Å². The maximum absolute atomic E-state index is 5.52. The van der Waals surface area contributed by atoms with Crippen LogP contribution >= 0.6 is 12.2 Å². The van der Waals surface area contributed by atoms with Crippen molar-refractivity contribution in [2.75, 3.05) is 32.8 Å². The second-order valence-corrected chi connectivity index (χ2v) is 7.05. The zero-order valence-electron chi connectivity index (χ0n) is 14.2. The molecule has 3 rings (SSSR count). The number of hydrogen-bond donors (Lipinski definition) is 2. The van der Waals surface area contributed by atoms with E-state index in [1.165, 1.54) is 37.7 Å². The Morgan fingerprint density at radius 2 is 2.08 bits per heavy atom. The average molecular weight is 349 g/mol. The van der Waals surface area contributed by atoms with Crippen molar-refractivity contribution in [3.05, 3.63) is 30.1 Å². The molecule has 2 heterocycles. The average Bonchev–Trinajstić information content (AvgIpc) is 2.64. The SMILES string of the molecule is S=C(NC[C@@H](c1cccnc1)N1CCOCC1)NC1CCCCC1. The van der Waals surface area contributed by atoms with Gasteiger partial charge in [0.05, 0.1) is 19.3 Å². The molecule has 1 aromatic heterocycles. The third-order valence-electron chi connectivity index (χ3n) is 4.95. The number of hydrogen-bond acceptors (Lipinski definition) is 4. The van der Waals surface area contributed by atoms with Gasteiger partial charge >= 0.3 is 0 Å². The van der Waals surface area contributed by atoms with Crippen molar-refractivity contribution in [3.63, 3.8) is 0 Å². The lowest BCUT2D eigenvalue weighted by atomic mass is 9.96. The smallest absolute Gasteiger partial charge is 0.166 e. The van der Waals surface area contributed by atoms with Gasteiger partial charge in [-0.1, -0.05) is 25.3 Å². The normalized spacial score (nSPS) is 21.2. The molecule has 2 fully saturated rings. The van der Waals surface area contributed by atoms with E-state index in [9.17, 15) is 0 Å². The highest BCUT2D eigenvalue weighted by molar-refractivity contribution is 7.80. The number of nitrogens with one attached hydrogen (secondary N) is 2. The Labute approximate surface area is 150 Å². The zero-order chi connectivity index (χ0) is 16.6. The summed E-state index contributed by atoms with van der Waals surface area (Å²) in [5.41, 5.74) is 1.23. The summed E-state index contributed by atoms with van der Waals surface area (Å²) in [4.78, 5) is 6.74. The number of morpholine rings is 1. The number of thiocarbonyl (C=S) groups is 1. The molecule has 1 aliphatic heterocycles. The molecule has 2 aliphatic rings. The fourth-order valence-electron chi connectivity index (χ4n) is 3.59. The molecule has 0 bridgehead atoms. The van der Waals surface area contributed by atoms with E-state index in [1.807, 2.05) is 18.5 Å². The predicted octanol–water partition coefficient (Wildman–Crippen LogP) is 2.25. The standard InChI is InChI=1S/C18H28N4OS/c24-18(21-16-6-2-1-3-7-16)20-14-17(15-5-4-8-19-13-15)22-9-11-23-12-10-22/h4-5,8,13,16-17H,1-3,6-7,9-12,14H2,(H2,20,21,24)/t17-/m0/s1. The predicted molar refractivity (Wildman–Crippen MR) is 100.0 cm³/mol. The van der Waals surface area contributed by atoms with Crippen LogP contribution in [0.15, 0.2) is 24.5 Å². The fraction of sp³-hybridized carbons (Fsp3) is 0.667.